The summed E-state index contributed by atoms with van der Waals surface area (Å²) < 4.78 is 0. The molecule has 1 aliphatic rings. The second kappa shape index (κ2) is 5.61. The second-order valence-electron chi connectivity index (χ2n) is 4.79. The molecule has 3 heterocycles. The zero-order valence-electron chi connectivity index (χ0n) is 10.9. The standard InChI is InChI=1S/C13H17ClN4S/c1-2-18-6-3-4-9(18)8-15-11-10-5-7-19-12(10)17-13(14)16-11/h5,7,9H,2-4,6,8H2,1H3,(H,15,16,17). The summed E-state index contributed by atoms with van der Waals surface area (Å²) in [5.41, 5.74) is 0. The largest absolute Gasteiger partial charge is 0.368 e. The Hall–Kier alpha value is -0.910. The molecule has 0 radical (unpaired) electrons. The summed E-state index contributed by atoms with van der Waals surface area (Å²) in [6.45, 7) is 5.47. The van der Waals surface area contributed by atoms with Crippen LogP contribution in [0.2, 0.25) is 5.28 Å². The molecule has 3 rings (SSSR count). The highest BCUT2D eigenvalue weighted by Gasteiger charge is 2.22. The number of hydrogen-bond acceptors (Lipinski definition) is 5. The Bertz CT molecular complexity index is 571. The van der Waals surface area contributed by atoms with Crippen molar-refractivity contribution in [3.8, 4) is 0 Å². The van der Waals surface area contributed by atoms with Crippen molar-refractivity contribution in [3.63, 3.8) is 0 Å². The Balaban J connectivity index is 1.76. The number of fused-ring (bicyclic) bond motifs is 1. The summed E-state index contributed by atoms with van der Waals surface area (Å²) in [7, 11) is 0. The van der Waals surface area contributed by atoms with Crippen LogP contribution in [0.3, 0.4) is 0 Å². The van der Waals surface area contributed by atoms with Crippen molar-refractivity contribution in [1.29, 1.82) is 0 Å². The van der Waals surface area contributed by atoms with E-state index in [-0.39, 0.29) is 0 Å². The minimum Gasteiger partial charge on any atom is -0.368 e. The van der Waals surface area contributed by atoms with Gasteiger partial charge in [0.25, 0.3) is 0 Å². The SMILES string of the molecule is CCN1CCCC1CNc1nc(Cl)nc2sccc12. The molecule has 0 saturated carbocycles. The minimum absolute atomic E-state index is 0.316. The van der Waals surface area contributed by atoms with E-state index in [2.05, 4.69) is 27.1 Å². The molecule has 0 amide bonds. The van der Waals surface area contributed by atoms with Gasteiger partial charge in [0.05, 0.1) is 5.39 Å². The molecule has 19 heavy (non-hydrogen) atoms. The lowest BCUT2D eigenvalue weighted by molar-refractivity contribution is 0.277. The molecular weight excluding hydrogens is 280 g/mol. The number of rotatable bonds is 4. The number of aromatic nitrogens is 2. The highest BCUT2D eigenvalue weighted by molar-refractivity contribution is 7.16. The van der Waals surface area contributed by atoms with E-state index >= 15 is 0 Å². The van der Waals surface area contributed by atoms with Gasteiger partial charge in [-0.25, -0.2) is 9.97 Å². The van der Waals surface area contributed by atoms with E-state index in [0.717, 1.165) is 29.1 Å². The van der Waals surface area contributed by atoms with Crippen LogP contribution < -0.4 is 5.32 Å². The summed E-state index contributed by atoms with van der Waals surface area (Å²) in [5.74, 6) is 0.860. The van der Waals surface area contributed by atoms with Gasteiger partial charge in [0.1, 0.15) is 10.6 Å². The number of nitrogens with one attached hydrogen (secondary N) is 1. The number of anilines is 1. The molecule has 1 aliphatic heterocycles. The lowest BCUT2D eigenvalue weighted by Gasteiger charge is -2.23. The fraction of sp³-hybridized carbons (Fsp3) is 0.538. The zero-order chi connectivity index (χ0) is 13.2. The van der Waals surface area contributed by atoms with Crippen LogP contribution in [-0.2, 0) is 0 Å². The van der Waals surface area contributed by atoms with Gasteiger partial charge >= 0.3 is 0 Å². The van der Waals surface area contributed by atoms with E-state index < -0.39 is 0 Å². The first-order chi connectivity index (χ1) is 9.28. The number of halogens is 1. The first kappa shape index (κ1) is 13.1. The normalized spacial score (nSPS) is 20.2. The van der Waals surface area contributed by atoms with Gasteiger partial charge in [-0.05, 0) is 49.0 Å². The highest BCUT2D eigenvalue weighted by atomic mass is 35.5. The van der Waals surface area contributed by atoms with Crippen LogP contribution in [0.15, 0.2) is 11.4 Å². The lowest BCUT2D eigenvalue weighted by Crippen LogP contribution is -2.34. The molecule has 2 aromatic rings. The molecule has 1 unspecified atom stereocenters. The van der Waals surface area contributed by atoms with Gasteiger partial charge in [0.15, 0.2) is 0 Å². The van der Waals surface area contributed by atoms with Crippen molar-refractivity contribution >= 4 is 39.0 Å². The highest BCUT2D eigenvalue weighted by Crippen LogP contribution is 2.27. The van der Waals surface area contributed by atoms with E-state index in [1.165, 1.54) is 19.4 Å². The van der Waals surface area contributed by atoms with Crippen molar-refractivity contribution in [2.45, 2.75) is 25.8 Å². The maximum Gasteiger partial charge on any atom is 0.225 e. The van der Waals surface area contributed by atoms with Crippen molar-refractivity contribution in [3.05, 3.63) is 16.7 Å². The van der Waals surface area contributed by atoms with Crippen molar-refractivity contribution in [2.24, 2.45) is 0 Å². The number of likely N-dealkylation sites (N-methyl/N-ethyl adjacent to an activating group) is 1. The molecule has 4 nitrogen and oxygen atoms in total. The number of likely N-dealkylation sites (tertiary alicyclic amines) is 1. The van der Waals surface area contributed by atoms with Gasteiger partial charge in [0.2, 0.25) is 5.28 Å². The first-order valence-corrected chi connectivity index (χ1v) is 7.92. The maximum atomic E-state index is 5.97. The van der Waals surface area contributed by atoms with E-state index in [4.69, 9.17) is 11.6 Å². The van der Waals surface area contributed by atoms with Gasteiger partial charge in [-0.3, -0.25) is 4.90 Å². The van der Waals surface area contributed by atoms with Crippen LogP contribution in [0.25, 0.3) is 10.2 Å². The number of nitrogens with zero attached hydrogens (tertiary/aromatic N) is 3. The first-order valence-electron chi connectivity index (χ1n) is 6.66. The van der Waals surface area contributed by atoms with Crippen LogP contribution in [-0.4, -0.2) is 40.5 Å². The fourth-order valence-corrected chi connectivity index (χ4v) is 3.70. The molecule has 1 fully saturated rings. The van der Waals surface area contributed by atoms with Gasteiger partial charge in [0, 0.05) is 12.6 Å². The average molecular weight is 297 g/mol. The molecule has 1 atom stereocenters. The quantitative estimate of drug-likeness (QED) is 0.880. The molecule has 1 saturated heterocycles. The van der Waals surface area contributed by atoms with E-state index in [9.17, 15) is 0 Å². The predicted molar refractivity (Wildman–Crippen MR) is 81.2 cm³/mol. The third kappa shape index (κ3) is 2.68. The van der Waals surface area contributed by atoms with E-state index in [0.29, 0.717) is 11.3 Å². The van der Waals surface area contributed by atoms with Crippen LogP contribution in [0.1, 0.15) is 19.8 Å². The molecule has 1 N–H and O–H groups in total. The molecule has 6 heteroatoms. The molecule has 0 aliphatic carbocycles. The monoisotopic (exact) mass is 296 g/mol. The molecule has 2 aromatic heterocycles. The summed E-state index contributed by atoms with van der Waals surface area (Å²) in [6.07, 6.45) is 2.55. The molecule has 0 spiro atoms. The summed E-state index contributed by atoms with van der Waals surface area (Å²) in [4.78, 5) is 12.0. The topological polar surface area (TPSA) is 41.0 Å². The Morgan fingerprint density at radius 3 is 3.26 bits per heavy atom. The van der Waals surface area contributed by atoms with Gasteiger partial charge < -0.3 is 5.32 Å². The minimum atomic E-state index is 0.316. The predicted octanol–water partition coefficient (Wildman–Crippen LogP) is 3.24. The van der Waals surface area contributed by atoms with Gasteiger partial charge in [-0.15, -0.1) is 11.3 Å². The molecular formula is C13H17ClN4S. The van der Waals surface area contributed by atoms with Gasteiger partial charge in [-0.1, -0.05) is 6.92 Å². The Kier molecular flexibility index (Phi) is 3.86. The number of hydrogen-bond donors (Lipinski definition) is 1. The average Bonchev–Trinajstić information content (AvgIpc) is 3.03. The summed E-state index contributed by atoms with van der Waals surface area (Å²) in [5, 5.41) is 6.85. The third-order valence-electron chi connectivity index (χ3n) is 3.71. The van der Waals surface area contributed by atoms with Crippen LogP contribution in [0, 0.1) is 0 Å². The van der Waals surface area contributed by atoms with Crippen LogP contribution in [0.4, 0.5) is 5.82 Å². The Morgan fingerprint density at radius 1 is 1.53 bits per heavy atom. The Morgan fingerprint density at radius 2 is 2.42 bits per heavy atom. The van der Waals surface area contributed by atoms with Crippen molar-refractivity contribution in [2.75, 3.05) is 25.0 Å². The summed E-state index contributed by atoms with van der Waals surface area (Å²) >= 11 is 7.56. The maximum absolute atomic E-state index is 5.97. The lowest BCUT2D eigenvalue weighted by atomic mass is 10.2. The van der Waals surface area contributed by atoms with Crippen LogP contribution >= 0.6 is 22.9 Å². The van der Waals surface area contributed by atoms with Crippen molar-refractivity contribution in [1.82, 2.24) is 14.9 Å². The third-order valence-corrected chi connectivity index (χ3v) is 4.68. The molecule has 0 bridgehead atoms. The second-order valence-corrected chi connectivity index (χ2v) is 6.02. The molecule has 0 aromatic carbocycles. The van der Waals surface area contributed by atoms with Gasteiger partial charge in [-0.2, -0.15) is 0 Å². The van der Waals surface area contributed by atoms with Crippen LogP contribution in [0.5, 0.6) is 0 Å². The van der Waals surface area contributed by atoms with Crippen molar-refractivity contribution < 1.29 is 0 Å². The van der Waals surface area contributed by atoms with E-state index in [1.54, 1.807) is 11.3 Å². The Labute approximate surface area is 121 Å². The smallest absolute Gasteiger partial charge is 0.225 e. The zero-order valence-corrected chi connectivity index (χ0v) is 12.5. The summed E-state index contributed by atoms with van der Waals surface area (Å²) in [6, 6.07) is 2.65. The van der Waals surface area contributed by atoms with E-state index in [1.807, 2.05) is 11.4 Å². The molecule has 102 valence electrons. The number of thiophene rings is 1. The fourth-order valence-electron chi connectivity index (χ4n) is 2.72.